The Bertz CT molecular complexity index is 1740. The summed E-state index contributed by atoms with van der Waals surface area (Å²) >= 11 is 0. The van der Waals surface area contributed by atoms with E-state index in [1.807, 2.05) is 72.2 Å². The van der Waals surface area contributed by atoms with Crippen molar-refractivity contribution in [2.45, 2.75) is 39.3 Å². The lowest BCUT2D eigenvalue weighted by Crippen LogP contribution is -2.26. The van der Waals surface area contributed by atoms with E-state index in [-0.39, 0.29) is 5.56 Å². The predicted molar refractivity (Wildman–Crippen MR) is 144 cm³/mol. The van der Waals surface area contributed by atoms with Crippen molar-refractivity contribution in [3.63, 3.8) is 0 Å². The van der Waals surface area contributed by atoms with Gasteiger partial charge in [-0.1, -0.05) is 79.7 Å². The molecule has 0 aliphatic rings. The van der Waals surface area contributed by atoms with Crippen LogP contribution in [0.15, 0.2) is 89.7 Å². The Balaban J connectivity index is 1.55. The molecule has 0 N–H and O–H groups in total. The molecule has 3 aromatic heterocycles. The molecule has 0 aliphatic heterocycles. The van der Waals surface area contributed by atoms with Gasteiger partial charge in [0.1, 0.15) is 16.7 Å². The normalized spacial score (nSPS) is 11.6. The summed E-state index contributed by atoms with van der Waals surface area (Å²) in [5, 5.41) is 0.557. The van der Waals surface area contributed by atoms with Gasteiger partial charge in [0.25, 0.3) is 5.56 Å². The van der Waals surface area contributed by atoms with Crippen LogP contribution in [0.4, 0.5) is 0 Å². The Morgan fingerprint density at radius 2 is 1.19 bits per heavy atom. The number of fused-ring (bicyclic) bond motifs is 4. The summed E-state index contributed by atoms with van der Waals surface area (Å²) in [5.41, 5.74) is 6.00. The summed E-state index contributed by atoms with van der Waals surface area (Å²) in [6.45, 7) is 3.29. The monoisotopic (exact) mass is 473 g/mol. The van der Waals surface area contributed by atoms with Crippen LogP contribution in [0.5, 0.6) is 0 Å². The fourth-order valence-electron chi connectivity index (χ4n) is 4.92. The Hall–Kier alpha value is -4.32. The van der Waals surface area contributed by atoms with E-state index >= 15 is 0 Å². The standard InChI is InChI=1S/C30H27N5O/c1-2-25-33-28-26(30(36)34(25)19-17-21-11-5-3-6-12-21)27-29(32-24-16-10-9-15-23(24)31-27)35(28)20-18-22-13-7-4-8-14-22/h3-16H,2,17-20H2,1H3. The number of para-hydroxylation sites is 2. The third-order valence-electron chi connectivity index (χ3n) is 6.78. The number of rotatable bonds is 7. The third-order valence-corrected chi connectivity index (χ3v) is 6.78. The van der Waals surface area contributed by atoms with E-state index in [4.69, 9.17) is 15.0 Å². The van der Waals surface area contributed by atoms with Gasteiger partial charge in [-0.3, -0.25) is 9.36 Å². The summed E-state index contributed by atoms with van der Waals surface area (Å²) in [7, 11) is 0. The second kappa shape index (κ2) is 9.38. The van der Waals surface area contributed by atoms with Crippen LogP contribution in [0.2, 0.25) is 0 Å². The minimum absolute atomic E-state index is 0.0409. The van der Waals surface area contributed by atoms with E-state index in [1.54, 1.807) is 0 Å². The fraction of sp³-hybridized carbons (Fsp3) is 0.200. The maximum Gasteiger partial charge on any atom is 0.265 e. The topological polar surface area (TPSA) is 65.6 Å². The third kappa shape index (κ3) is 3.94. The van der Waals surface area contributed by atoms with E-state index in [0.717, 1.165) is 29.7 Å². The highest BCUT2D eigenvalue weighted by Gasteiger charge is 2.21. The second-order valence-electron chi connectivity index (χ2n) is 9.04. The summed E-state index contributed by atoms with van der Waals surface area (Å²) < 4.78 is 3.91. The first-order chi connectivity index (χ1) is 17.7. The predicted octanol–water partition coefficient (Wildman–Crippen LogP) is 5.34. The van der Waals surface area contributed by atoms with Gasteiger partial charge in [0.05, 0.1) is 11.0 Å². The molecule has 0 fully saturated rings. The molecule has 36 heavy (non-hydrogen) atoms. The molecular formula is C30H27N5O. The Morgan fingerprint density at radius 1 is 0.639 bits per heavy atom. The van der Waals surface area contributed by atoms with E-state index in [1.165, 1.54) is 11.1 Å². The van der Waals surface area contributed by atoms with Crippen molar-refractivity contribution < 1.29 is 0 Å². The van der Waals surface area contributed by atoms with E-state index in [2.05, 4.69) is 28.8 Å². The Labute approximate surface area is 208 Å². The van der Waals surface area contributed by atoms with Gasteiger partial charge in [0.2, 0.25) is 0 Å². The number of aromatic nitrogens is 5. The molecule has 6 nitrogen and oxygen atoms in total. The van der Waals surface area contributed by atoms with Crippen molar-refractivity contribution in [2.75, 3.05) is 0 Å². The number of benzene rings is 3. The number of hydrogen-bond donors (Lipinski definition) is 0. The van der Waals surface area contributed by atoms with Gasteiger partial charge in [-0.2, -0.15) is 0 Å². The van der Waals surface area contributed by atoms with Crippen LogP contribution < -0.4 is 5.56 Å². The molecule has 0 amide bonds. The van der Waals surface area contributed by atoms with Crippen LogP contribution in [0, 0.1) is 0 Å². The minimum Gasteiger partial charge on any atom is -0.308 e. The quantitative estimate of drug-likeness (QED) is 0.314. The average molecular weight is 474 g/mol. The lowest BCUT2D eigenvalue weighted by molar-refractivity contribution is 0.617. The average Bonchev–Trinajstić information content (AvgIpc) is 3.23. The highest BCUT2D eigenvalue weighted by Crippen LogP contribution is 2.26. The van der Waals surface area contributed by atoms with Gasteiger partial charge in [-0.05, 0) is 36.1 Å². The molecule has 0 saturated carbocycles. The highest BCUT2D eigenvalue weighted by molar-refractivity contribution is 6.04. The first kappa shape index (κ1) is 22.2. The van der Waals surface area contributed by atoms with Crippen molar-refractivity contribution in [2.24, 2.45) is 0 Å². The zero-order valence-electron chi connectivity index (χ0n) is 20.3. The van der Waals surface area contributed by atoms with Gasteiger partial charge in [0, 0.05) is 19.5 Å². The molecule has 6 aromatic rings. The van der Waals surface area contributed by atoms with Gasteiger partial charge in [-0.15, -0.1) is 0 Å². The summed E-state index contributed by atoms with van der Waals surface area (Å²) in [5.74, 6) is 0.789. The number of nitrogens with zero attached hydrogens (tertiary/aromatic N) is 5. The molecule has 0 aliphatic carbocycles. The molecule has 6 heteroatoms. The van der Waals surface area contributed by atoms with E-state index in [0.29, 0.717) is 41.7 Å². The number of aryl methyl sites for hydroxylation is 4. The Kier molecular flexibility index (Phi) is 5.77. The van der Waals surface area contributed by atoms with Gasteiger partial charge < -0.3 is 4.57 Å². The van der Waals surface area contributed by atoms with Crippen molar-refractivity contribution in [3.05, 3.63) is 112 Å². The smallest absolute Gasteiger partial charge is 0.265 e. The van der Waals surface area contributed by atoms with Crippen molar-refractivity contribution in [1.29, 1.82) is 0 Å². The molecule has 0 atom stereocenters. The second-order valence-corrected chi connectivity index (χ2v) is 9.04. The molecule has 0 saturated heterocycles. The molecular weight excluding hydrogens is 446 g/mol. The zero-order valence-corrected chi connectivity index (χ0v) is 20.3. The Morgan fingerprint density at radius 3 is 1.81 bits per heavy atom. The van der Waals surface area contributed by atoms with Gasteiger partial charge >= 0.3 is 0 Å². The van der Waals surface area contributed by atoms with E-state index < -0.39 is 0 Å². The molecule has 178 valence electrons. The molecule has 0 radical (unpaired) electrons. The van der Waals surface area contributed by atoms with Crippen LogP contribution in [-0.2, 0) is 32.4 Å². The SMILES string of the molecule is CCc1nc2c(c(=O)n1CCc1ccccc1)c1nc3ccccc3nc1n2CCc1ccccc1. The fourth-order valence-corrected chi connectivity index (χ4v) is 4.92. The van der Waals surface area contributed by atoms with Crippen LogP contribution in [-0.4, -0.2) is 24.1 Å². The molecule has 0 unspecified atom stereocenters. The van der Waals surface area contributed by atoms with Crippen LogP contribution >= 0.6 is 0 Å². The van der Waals surface area contributed by atoms with Crippen LogP contribution in [0.3, 0.4) is 0 Å². The maximum atomic E-state index is 14.0. The first-order valence-corrected chi connectivity index (χ1v) is 12.5. The molecule has 0 bridgehead atoms. The van der Waals surface area contributed by atoms with Crippen molar-refractivity contribution in [3.8, 4) is 0 Å². The van der Waals surface area contributed by atoms with Gasteiger partial charge in [-0.25, -0.2) is 15.0 Å². The van der Waals surface area contributed by atoms with E-state index in [9.17, 15) is 4.79 Å². The number of hydrogen-bond acceptors (Lipinski definition) is 4. The van der Waals surface area contributed by atoms with Crippen molar-refractivity contribution in [1.82, 2.24) is 24.1 Å². The molecule has 6 rings (SSSR count). The largest absolute Gasteiger partial charge is 0.308 e. The van der Waals surface area contributed by atoms with Gasteiger partial charge in [0.15, 0.2) is 11.3 Å². The summed E-state index contributed by atoms with van der Waals surface area (Å²) in [6, 6.07) is 28.4. The lowest BCUT2D eigenvalue weighted by Gasteiger charge is -2.12. The van der Waals surface area contributed by atoms with Crippen LogP contribution in [0.25, 0.3) is 33.2 Å². The molecule has 3 heterocycles. The minimum atomic E-state index is -0.0409. The first-order valence-electron chi connectivity index (χ1n) is 12.5. The van der Waals surface area contributed by atoms with Crippen molar-refractivity contribution >= 4 is 33.2 Å². The highest BCUT2D eigenvalue weighted by atomic mass is 16.1. The lowest BCUT2D eigenvalue weighted by atomic mass is 10.1. The van der Waals surface area contributed by atoms with Crippen LogP contribution in [0.1, 0.15) is 23.9 Å². The molecule has 3 aromatic carbocycles. The zero-order chi connectivity index (χ0) is 24.5. The summed E-state index contributed by atoms with van der Waals surface area (Å²) in [6.07, 6.45) is 2.25. The summed E-state index contributed by atoms with van der Waals surface area (Å²) in [4.78, 5) is 28.9. The molecule has 0 spiro atoms. The maximum absolute atomic E-state index is 14.0.